The van der Waals surface area contributed by atoms with Crippen LogP contribution < -0.4 is 0 Å². The van der Waals surface area contributed by atoms with Crippen LogP contribution in [0.25, 0.3) is 0 Å². The van der Waals surface area contributed by atoms with Crippen LogP contribution in [0.2, 0.25) is 0 Å². The minimum absolute atomic E-state index is 0.198. The molecule has 1 aromatic carbocycles. The maximum atomic E-state index is 10.8. The van der Waals surface area contributed by atoms with Gasteiger partial charge in [0.15, 0.2) is 0 Å². The quantitative estimate of drug-likeness (QED) is 0.624. The highest BCUT2D eigenvalue weighted by Crippen LogP contribution is 2.20. The number of pyridine rings is 1. The zero-order valence-corrected chi connectivity index (χ0v) is 17.6. The number of aromatic nitrogens is 3. The summed E-state index contributed by atoms with van der Waals surface area (Å²) in [5.74, 6) is 0. The molecule has 2 aromatic heterocycles. The number of rotatable bonds is 8. The number of hydrogen-bond acceptors (Lipinski definition) is 5. The Morgan fingerprint density at radius 1 is 1.03 bits per heavy atom. The van der Waals surface area contributed by atoms with Crippen LogP contribution in [-0.2, 0) is 19.5 Å². The van der Waals surface area contributed by atoms with Crippen molar-refractivity contribution in [3.05, 3.63) is 83.9 Å². The Bertz CT molecular complexity index is 899. The molecular formula is C24H31N5O. The number of hydrogen-bond donors (Lipinski definition) is 1. The molecule has 1 saturated heterocycles. The largest absolute Gasteiger partial charge is 0.390 e. The number of likely N-dealkylation sites (N-methyl/N-ethyl adjacent to an activating group) is 1. The van der Waals surface area contributed by atoms with Crippen LogP contribution in [0.1, 0.15) is 23.2 Å². The Kier molecular flexibility index (Phi) is 6.89. The molecule has 1 N–H and O–H groups in total. The van der Waals surface area contributed by atoms with Gasteiger partial charge in [0.2, 0.25) is 0 Å². The Morgan fingerprint density at radius 2 is 1.83 bits per heavy atom. The van der Waals surface area contributed by atoms with Gasteiger partial charge < -0.3 is 10.0 Å². The smallest absolute Gasteiger partial charge is 0.0822 e. The summed E-state index contributed by atoms with van der Waals surface area (Å²) in [4.78, 5) is 9.07. The molecule has 2 atom stereocenters. The Labute approximate surface area is 178 Å². The third-order valence-electron chi connectivity index (χ3n) is 6.05. The van der Waals surface area contributed by atoms with Gasteiger partial charge >= 0.3 is 0 Å². The van der Waals surface area contributed by atoms with Crippen LogP contribution in [0.4, 0.5) is 0 Å². The Morgan fingerprint density at radius 3 is 2.53 bits per heavy atom. The average Bonchev–Trinajstić information content (AvgIpc) is 3.27. The zero-order valence-electron chi connectivity index (χ0n) is 17.6. The third kappa shape index (κ3) is 5.33. The van der Waals surface area contributed by atoms with Crippen molar-refractivity contribution >= 4 is 0 Å². The molecule has 0 unspecified atom stereocenters. The van der Waals surface area contributed by atoms with E-state index in [1.165, 1.54) is 11.1 Å². The first kappa shape index (κ1) is 20.7. The van der Waals surface area contributed by atoms with E-state index in [1.807, 2.05) is 41.5 Å². The molecule has 0 bridgehead atoms. The van der Waals surface area contributed by atoms with Gasteiger partial charge in [-0.05, 0) is 42.8 Å². The Balaban J connectivity index is 1.31. The molecule has 158 valence electrons. The molecule has 0 saturated carbocycles. The lowest BCUT2D eigenvalue weighted by Crippen LogP contribution is -2.53. The van der Waals surface area contributed by atoms with Gasteiger partial charge in [-0.15, -0.1) is 0 Å². The molecule has 3 heterocycles. The number of aliphatic hydroxyl groups excluding tert-OH is 1. The van der Waals surface area contributed by atoms with Crippen molar-refractivity contribution in [2.75, 3.05) is 26.7 Å². The maximum absolute atomic E-state index is 10.8. The van der Waals surface area contributed by atoms with E-state index in [0.29, 0.717) is 6.54 Å². The minimum atomic E-state index is -0.342. The second-order valence-corrected chi connectivity index (χ2v) is 8.18. The van der Waals surface area contributed by atoms with Crippen molar-refractivity contribution < 1.29 is 5.11 Å². The topological polar surface area (TPSA) is 57.4 Å². The van der Waals surface area contributed by atoms with Crippen LogP contribution >= 0.6 is 0 Å². The van der Waals surface area contributed by atoms with E-state index >= 15 is 0 Å². The van der Waals surface area contributed by atoms with Crippen LogP contribution in [0.15, 0.2) is 67.1 Å². The van der Waals surface area contributed by atoms with Gasteiger partial charge in [0.05, 0.1) is 12.6 Å². The SMILES string of the molecule is CN(CCc1ccccn1)[C@@H]1CCN(Cc2ccccc2Cn2cccn2)C[C@H]1O. The zero-order chi connectivity index (χ0) is 20.8. The normalized spacial score (nSPS) is 20.0. The molecule has 6 nitrogen and oxygen atoms in total. The fourth-order valence-electron chi connectivity index (χ4n) is 4.32. The van der Waals surface area contributed by atoms with E-state index in [0.717, 1.165) is 44.7 Å². The number of benzene rings is 1. The molecule has 4 rings (SSSR count). The van der Waals surface area contributed by atoms with E-state index < -0.39 is 0 Å². The van der Waals surface area contributed by atoms with Gasteiger partial charge in [0, 0.05) is 62.9 Å². The monoisotopic (exact) mass is 405 g/mol. The first-order valence-corrected chi connectivity index (χ1v) is 10.7. The molecule has 0 radical (unpaired) electrons. The predicted molar refractivity (Wildman–Crippen MR) is 118 cm³/mol. The molecule has 6 heteroatoms. The van der Waals surface area contributed by atoms with E-state index in [9.17, 15) is 5.11 Å². The summed E-state index contributed by atoms with van der Waals surface area (Å²) in [6.07, 6.45) is 7.19. The van der Waals surface area contributed by atoms with Crippen molar-refractivity contribution in [1.29, 1.82) is 0 Å². The fourth-order valence-corrected chi connectivity index (χ4v) is 4.32. The van der Waals surface area contributed by atoms with E-state index in [1.54, 1.807) is 0 Å². The van der Waals surface area contributed by atoms with E-state index in [2.05, 4.69) is 57.3 Å². The highest BCUT2D eigenvalue weighted by Gasteiger charge is 2.30. The van der Waals surface area contributed by atoms with Crippen molar-refractivity contribution in [3.8, 4) is 0 Å². The maximum Gasteiger partial charge on any atom is 0.0822 e. The summed E-state index contributed by atoms with van der Waals surface area (Å²) in [6.45, 7) is 4.24. The summed E-state index contributed by atoms with van der Waals surface area (Å²) in [5, 5.41) is 15.2. The molecule has 1 aliphatic rings. The van der Waals surface area contributed by atoms with Crippen LogP contribution in [-0.4, -0.2) is 68.5 Å². The van der Waals surface area contributed by atoms with Crippen molar-refractivity contribution in [3.63, 3.8) is 0 Å². The summed E-state index contributed by atoms with van der Waals surface area (Å²) in [6, 6.07) is 16.7. The molecule has 0 aliphatic carbocycles. The summed E-state index contributed by atoms with van der Waals surface area (Å²) >= 11 is 0. The standard InChI is InChI=1S/C24H31N5O/c1-27(15-10-22-9-4-5-12-25-22)23-11-16-28(19-24(23)30)17-20-7-2-3-8-21(20)18-29-14-6-13-26-29/h2-9,12-14,23-24,30H,10-11,15-19H2,1H3/t23-,24-/m1/s1. The van der Waals surface area contributed by atoms with Gasteiger partial charge in [0.1, 0.15) is 0 Å². The highest BCUT2D eigenvalue weighted by atomic mass is 16.3. The summed E-state index contributed by atoms with van der Waals surface area (Å²) < 4.78 is 1.95. The molecule has 1 aliphatic heterocycles. The van der Waals surface area contributed by atoms with E-state index in [-0.39, 0.29) is 12.1 Å². The number of piperidine rings is 1. The molecule has 0 amide bonds. The Hall–Kier alpha value is -2.54. The molecule has 0 spiro atoms. The molecule has 30 heavy (non-hydrogen) atoms. The number of nitrogens with zero attached hydrogens (tertiary/aromatic N) is 5. The first-order chi connectivity index (χ1) is 14.7. The second-order valence-electron chi connectivity index (χ2n) is 8.18. The van der Waals surface area contributed by atoms with Gasteiger partial charge in [0.25, 0.3) is 0 Å². The fraction of sp³-hybridized carbons (Fsp3) is 0.417. The number of aliphatic hydroxyl groups is 1. The van der Waals surface area contributed by atoms with Gasteiger partial charge in [-0.25, -0.2) is 0 Å². The van der Waals surface area contributed by atoms with Gasteiger partial charge in [-0.2, -0.15) is 5.10 Å². The summed E-state index contributed by atoms with van der Waals surface area (Å²) in [7, 11) is 2.12. The van der Waals surface area contributed by atoms with Crippen LogP contribution in [0, 0.1) is 0 Å². The van der Waals surface area contributed by atoms with Crippen molar-refractivity contribution in [1.82, 2.24) is 24.6 Å². The first-order valence-electron chi connectivity index (χ1n) is 10.7. The lowest BCUT2D eigenvalue weighted by Gasteiger charge is -2.40. The lowest BCUT2D eigenvalue weighted by atomic mass is 9.98. The van der Waals surface area contributed by atoms with E-state index in [4.69, 9.17) is 0 Å². The average molecular weight is 406 g/mol. The third-order valence-corrected chi connectivity index (χ3v) is 6.05. The highest BCUT2D eigenvalue weighted by molar-refractivity contribution is 5.27. The lowest BCUT2D eigenvalue weighted by molar-refractivity contribution is -0.00627. The molecule has 3 aromatic rings. The van der Waals surface area contributed by atoms with Crippen LogP contribution in [0.3, 0.4) is 0 Å². The summed E-state index contributed by atoms with van der Waals surface area (Å²) in [5.41, 5.74) is 3.69. The second kappa shape index (κ2) is 9.98. The molecular weight excluding hydrogens is 374 g/mol. The van der Waals surface area contributed by atoms with Gasteiger partial charge in [-0.3, -0.25) is 14.6 Å². The van der Waals surface area contributed by atoms with Crippen molar-refractivity contribution in [2.45, 2.75) is 38.1 Å². The number of β-amino-alcohol motifs (C(OH)–C–C–N with tert-alkyl or cyclic N) is 1. The van der Waals surface area contributed by atoms with Gasteiger partial charge in [-0.1, -0.05) is 30.3 Å². The minimum Gasteiger partial charge on any atom is -0.390 e. The predicted octanol–water partition coefficient (Wildman–Crippen LogP) is 2.44. The van der Waals surface area contributed by atoms with Crippen molar-refractivity contribution in [2.24, 2.45) is 0 Å². The number of likely N-dealkylation sites (tertiary alicyclic amines) is 1. The molecule has 1 fully saturated rings. The van der Waals surface area contributed by atoms with Crippen LogP contribution in [0.5, 0.6) is 0 Å².